The SMILES string of the molecule is CC[C@@]1(CO)O[C@@H](n2ccc(=O)[nH]c2=O)[C@H](O[Si](C)(C)C(C)(C)C)[C@@H]1C. The summed E-state index contributed by atoms with van der Waals surface area (Å²) in [5, 5.41) is 10.0. The summed E-state index contributed by atoms with van der Waals surface area (Å²) < 4.78 is 14.2. The number of H-pyrrole nitrogens is 1. The van der Waals surface area contributed by atoms with Gasteiger partial charge in [-0.25, -0.2) is 4.79 Å². The number of aliphatic hydroxyl groups is 1. The van der Waals surface area contributed by atoms with E-state index in [4.69, 9.17) is 9.16 Å². The van der Waals surface area contributed by atoms with Gasteiger partial charge in [-0.05, 0) is 24.6 Å². The van der Waals surface area contributed by atoms with E-state index in [1.54, 1.807) is 0 Å². The molecule has 1 fully saturated rings. The lowest BCUT2D eigenvalue weighted by Crippen LogP contribution is -2.48. The number of aliphatic hydroxyl groups excluding tert-OH is 1. The Balaban J connectivity index is 2.52. The van der Waals surface area contributed by atoms with Crippen LogP contribution in [0, 0.1) is 5.92 Å². The third-order valence-electron chi connectivity index (χ3n) is 6.19. The number of hydrogen-bond acceptors (Lipinski definition) is 5. The Morgan fingerprint density at radius 2 is 2.00 bits per heavy atom. The lowest BCUT2D eigenvalue weighted by atomic mass is 9.85. The van der Waals surface area contributed by atoms with Crippen molar-refractivity contribution in [3.05, 3.63) is 33.1 Å². The molecule has 0 saturated carbocycles. The molecule has 0 radical (unpaired) electrons. The minimum Gasteiger partial charge on any atom is -0.409 e. The van der Waals surface area contributed by atoms with Crippen LogP contribution in [0.5, 0.6) is 0 Å². The first-order valence-electron chi connectivity index (χ1n) is 9.16. The molecule has 4 atom stereocenters. The smallest absolute Gasteiger partial charge is 0.330 e. The van der Waals surface area contributed by atoms with Crippen LogP contribution < -0.4 is 11.2 Å². The predicted octanol–water partition coefficient (Wildman–Crippen LogP) is 2.23. The van der Waals surface area contributed by atoms with Crippen LogP contribution in [0.4, 0.5) is 0 Å². The number of ether oxygens (including phenoxy) is 1. The highest BCUT2D eigenvalue weighted by Gasteiger charge is 2.55. The molecule has 148 valence electrons. The summed E-state index contributed by atoms with van der Waals surface area (Å²) in [6, 6.07) is 1.30. The molecule has 1 aliphatic heterocycles. The molecule has 1 aliphatic rings. The van der Waals surface area contributed by atoms with E-state index in [-0.39, 0.29) is 17.6 Å². The summed E-state index contributed by atoms with van der Waals surface area (Å²) in [7, 11) is -2.15. The van der Waals surface area contributed by atoms with E-state index in [9.17, 15) is 14.7 Å². The van der Waals surface area contributed by atoms with Gasteiger partial charge in [0.2, 0.25) is 0 Å². The van der Waals surface area contributed by atoms with Crippen LogP contribution in [0.15, 0.2) is 21.9 Å². The van der Waals surface area contributed by atoms with E-state index >= 15 is 0 Å². The lowest BCUT2D eigenvalue weighted by Gasteiger charge is -2.40. The highest BCUT2D eigenvalue weighted by molar-refractivity contribution is 6.74. The molecule has 0 aromatic carbocycles. The van der Waals surface area contributed by atoms with E-state index in [1.165, 1.54) is 16.8 Å². The zero-order chi connectivity index (χ0) is 19.9. The van der Waals surface area contributed by atoms with Gasteiger partial charge >= 0.3 is 5.69 Å². The number of aromatic nitrogens is 2. The first-order chi connectivity index (χ1) is 11.9. The first kappa shape index (κ1) is 21.1. The molecule has 26 heavy (non-hydrogen) atoms. The molecule has 0 amide bonds. The fraction of sp³-hybridized carbons (Fsp3) is 0.778. The molecule has 1 aromatic rings. The monoisotopic (exact) mass is 384 g/mol. The fourth-order valence-corrected chi connectivity index (χ4v) is 4.53. The molecule has 1 saturated heterocycles. The summed E-state index contributed by atoms with van der Waals surface area (Å²) in [6.45, 7) is 14.5. The molecule has 2 heterocycles. The topological polar surface area (TPSA) is 93.5 Å². The molecule has 8 heteroatoms. The molecular formula is C18H32N2O5Si. The van der Waals surface area contributed by atoms with Gasteiger partial charge in [0.25, 0.3) is 5.56 Å². The van der Waals surface area contributed by atoms with E-state index in [1.807, 2.05) is 13.8 Å². The van der Waals surface area contributed by atoms with Crippen molar-refractivity contribution in [2.24, 2.45) is 5.92 Å². The third-order valence-corrected chi connectivity index (χ3v) is 10.7. The Bertz CT molecular complexity index is 745. The molecule has 7 nitrogen and oxygen atoms in total. The Hall–Kier alpha value is -1.22. The fourth-order valence-electron chi connectivity index (χ4n) is 3.18. The van der Waals surface area contributed by atoms with Gasteiger partial charge in [-0.15, -0.1) is 0 Å². The Kier molecular flexibility index (Phi) is 5.73. The van der Waals surface area contributed by atoms with Crippen LogP contribution in [0.2, 0.25) is 18.1 Å². The Morgan fingerprint density at radius 3 is 2.46 bits per heavy atom. The van der Waals surface area contributed by atoms with Crippen molar-refractivity contribution in [1.82, 2.24) is 9.55 Å². The first-order valence-corrected chi connectivity index (χ1v) is 12.1. The van der Waals surface area contributed by atoms with E-state index in [0.717, 1.165) is 0 Å². The van der Waals surface area contributed by atoms with Gasteiger partial charge in [0.05, 0.1) is 18.3 Å². The average Bonchev–Trinajstić information content (AvgIpc) is 2.79. The van der Waals surface area contributed by atoms with E-state index < -0.39 is 37.5 Å². The van der Waals surface area contributed by atoms with Crippen LogP contribution in [0.1, 0.15) is 47.3 Å². The van der Waals surface area contributed by atoms with Crippen LogP contribution >= 0.6 is 0 Å². The van der Waals surface area contributed by atoms with Crippen molar-refractivity contribution in [3.8, 4) is 0 Å². The maximum atomic E-state index is 12.4. The highest BCUT2D eigenvalue weighted by atomic mass is 28.4. The van der Waals surface area contributed by atoms with Gasteiger partial charge in [-0.1, -0.05) is 34.6 Å². The second kappa shape index (κ2) is 7.07. The maximum absolute atomic E-state index is 12.4. The normalized spacial score (nSPS) is 29.9. The molecular weight excluding hydrogens is 352 g/mol. The number of hydrogen-bond donors (Lipinski definition) is 2. The third kappa shape index (κ3) is 3.60. The number of rotatable bonds is 5. The second-order valence-corrected chi connectivity index (χ2v) is 13.5. The quantitative estimate of drug-likeness (QED) is 0.759. The largest absolute Gasteiger partial charge is 0.409 e. The van der Waals surface area contributed by atoms with Gasteiger partial charge in [-0.2, -0.15) is 0 Å². The van der Waals surface area contributed by atoms with Gasteiger partial charge in [0, 0.05) is 18.2 Å². The second-order valence-electron chi connectivity index (χ2n) is 8.73. The Morgan fingerprint density at radius 1 is 1.38 bits per heavy atom. The minimum atomic E-state index is -2.15. The van der Waals surface area contributed by atoms with Crippen molar-refractivity contribution < 1.29 is 14.3 Å². The van der Waals surface area contributed by atoms with Crippen molar-refractivity contribution in [2.45, 2.75) is 77.1 Å². The van der Waals surface area contributed by atoms with Gasteiger partial charge in [0.1, 0.15) is 0 Å². The van der Waals surface area contributed by atoms with Crippen molar-refractivity contribution >= 4 is 8.32 Å². The lowest BCUT2D eigenvalue weighted by molar-refractivity contribution is -0.117. The van der Waals surface area contributed by atoms with E-state index in [2.05, 4.69) is 38.8 Å². The highest BCUT2D eigenvalue weighted by Crippen LogP contribution is 2.48. The molecule has 0 bridgehead atoms. The summed E-state index contributed by atoms with van der Waals surface area (Å²) in [5.74, 6) is -0.115. The van der Waals surface area contributed by atoms with Crippen molar-refractivity contribution in [2.75, 3.05) is 6.61 Å². The summed E-state index contributed by atoms with van der Waals surface area (Å²) in [4.78, 5) is 26.1. The molecule has 2 N–H and O–H groups in total. The van der Waals surface area contributed by atoms with Crippen molar-refractivity contribution in [3.63, 3.8) is 0 Å². The molecule has 0 spiro atoms. The molecule has 2 rings (SSSR count). The van der Waals surface area contributed by atoms with Crippen LogP contribution in [0.25, 0.3) is 0 Å². The van der Waals surface area contributed by atoms with E-state index in [0.29, 0.717) is 6.42 Å². The molecule has 0 aliphatic carbocycles. The summed E-state index contributed by atoms with van der Waals surface area (Å²) in [5.41, 5.74) is -1.78. The number of aromatic amines is 1. The van der Waals surface area contributed by atoms with Crippen LogP contribution in [0.3, 0.4) is 0 Å². The standard InChI is InChI=1S/C18H32N2O5Si/c1-8-18(11-21)12(2)14(25-26(6,7)17(3,4)5)15(24-18)20-10-9-13(22)19-16(20)23/h9-10,12,14-15,21H,8,11H2,1-7H3,(H,19,22,23)/t12-,14+,15+,18-/m0/s1. The maximum Gasteiger partial charge on any atom is 0.330 e. The average molecular weight is 385 g/mol. The van der Waals surface area contributed by atoms with Gasteiger partial charge in [0.15, 0.2) is 14.5 Å². The molecule has 0 unspecified atom stereocenters. The minimum absolute atomic E-state index is 0.0100. The van der Waals surface area contributed by atoms with Crippen LogP contribution in [-0.2, 0) is 9.16 Å². The van der Waals surface area contributed by atoms with Crippen LogP contribution in [-0.4, -0.2) is 41.3 Å². The van der Waals surface area contributed by atoms with Gasteiger partial charge in [-0.3, -0.25) is 14.3 Å². The number of nitrogens with zero attached hydrogens (tertiary/aromatic N) is 1. The summed E-state index contributed by atoms with van der Waals surface area (Å²) in [6.07, 6.45) is 0.933. The zero-order valence-electron chi connectivity index (χ0n) is 16.8. The number of nitrogens with one attached hydrogen (secondary N) is 1. The van der Waals surface area contributed by atoms with Gasteiger partial charge < -0.3 is 14.3 Å². The van der Waals surface area contributed by atoms with Crippen molar-refractivity contribution in [1.29, 1.82) is 0 Å². The molecule has 1 aromatic heterocycles. The zero-order valence-corrected chi connectivity index (χ0v) is 17.8. The Labute approximate surface area is 155 Å². The predicted molar refractivity (Wildman–Crippen MR) is 103 cm³/mol. The summed E-state index contributed by atoms with van der Waals surface area (Å²) >= 11 is 0.